The zero-order chi connectivity index (χ0) is 23.9. The molecule has 2 amide bonds. The summed E-state index contributed by atoms with van der Waals surface area (Å²) in [5.74, 6) is -0.351. The minimum Gasteiger partial charge on any atom is -0.447 e. The lowest BCUT2D eigenvalue weighted by Crippen LogP contribution is -2.47. The summed E-state index contributed by atoms with van der Waals surface area (Å²) in [6, 6.07) is 25.7. The second kappa shape index (κ2) is 11.0. The Kier molecular flexibility index (Phi) is 7.60. The van der Waals surface area contributed by atoms with Gasteiger partial charge in [-0.2, -0.15) is 0 Å². The van der Waals surface area contributed by atoms with Crippen LogP contribution in [0.1, 0.15) is 18.1 Å². The first-order valence-corrected chi connectivity index (χ1v) is 11.6. The number of hydrogen-bond donors (Lipinski definition) is 1. The van der Waals surface area contributed by atoms with E-state index < -0.39 is 12.2 Å². The second-order valence-electron chi connectivity index (χ2n) is 8.30. The molecule has 4 rings (SSSR count). The Morgan fingerprint density at radius 3 is 2.50 bits per heavy atom. The molecule has 3 aromatic carbocycles. The smallest absolute Gasteiger partial charge is 0.417 e. The van der Waals surface area contributed by atoms with Gasteiger partial charge in [0, 0.05) is 25.8 Å². The fourth-order valence-corrected chi connectivity index (χ4v) is 4.24. The first kappa shape index (κ1) is 23.5. The fraction of sp³-hybridized carbons (Fsp3) is 0.286. The summed E-state index contributed by atoms with van der Waals surface area (Å²) < 4.78 is 11.0. The van der Waals surface area contributed by atoms with Crippen molar-refractivity contribution >= 4 is 17.7 Å². The van der Waals surface area contributed by atoms with Crippen LogP contribution in [0.3, 0.4) is 0 Å². The van der Waals surface area contributed by atoms with Crippen LogP contribution in [0.4, 0.5) is 10.5 Å². The molecule has 0 aromatic heterocycles. The standard InChI is InChI=1S/C28H30N2O4/c1-3-33-26(17-21-12-14-22(15-13-21)23-10-7-11-24(18-23)29-2)27(31)30-25(19-34-28(30)32)16-20-8-5-4-6-9-20/h4-15,18,25-26,29H,3,16-17,19H2,1-2H3/t25-,26-/m0/s1. The Balaban J connectivity index is 1.48. The van der Waals surface area contributed by atoms with Gasteiger partial charge in [-0.3, -0.25) is 4.79 Å². The van der Waals surface area contributed by atoms with Gasteiger partial charge in [0.05, 0.1) is 6.04 Å². The molecule has 6 heteroatoms. The Morgan fingerprint density at radius 1 is 1.03 bits per heavy atom. The van der Waals surface area contributed by atoms with Crippen molar-refractivity contribution in [2.45, 2.75) is 31.9 Å². The average Bonchev–Trinajstić information content (AvgIpc) is 3.24. The Morgan fingerprint density at radius 2 is 1.79 bits per heavy atom. The molecule has 1 saturated heterocycles. The van der Waals surface area contributed by atoms with Gasteiger partial charge in [-0.25, -0.2) is 9.69 Å². The molecule has 6 nitrogen and oxygen atoms in total. The van der Waals surface area contributed by atoms with Crippen LogP contribution in [0.15, 0.2) is 78.9 Å². The van der Waals surface area contributed by atoms with Crippen LogP contribution in [0.5, 0.6) is 0 Å². The zero-order valence-electron chi connectivity index (χ0n) is 19.6. The first-order chi connectivity index (χ1) is 16.6. The molecule has 1 aliphatic heterocycles. The van der Waals surface area contributed by atoms with Crippen molar-refractivity contribution in [2.24, 2.45) is 0 Å². The van der Waals surface area contributed by atoms with E-state index >= 15 is 0 Å². The molecule has 0 spiro atoms. The van der Waals surface area contributed by atoms with Gasteiger partial charge in [0.2, 0.25) is 0 Å². The van der Waals surface area contributed by atoms with E-state index in [1.54, 1.807) is 0 Å². The fourth-order valence-electron chi connectivity index (χ4n) is 4.24. The lowest BCUT2D eigenvalue weighted by molar-refractivity contribution is -0.141. The quantitative estimate of drug-likeness (QED) is 0.492. The van der Waals surface area contributed by atoms with Crippen molar-refractivity contribution in [3.05, 3.63) is 90.0 Å². The van der Waals surface area contributed by atoms with Crippen molar-refractivity contribution in [1.82, 2.24) is 4.90 Å². The normalized spacial score (nSPS) is 16.2. The lowest BCUT2D eigenvalue weighted by atomic mass is 10.00. The van der Waals surface area contributed by atoms with Crippen LogP contribution in [0.25, 0.3) is 11.1 Å². The van der Waals surface area contributed by atoms with Gasteiger partial charge in [-0.05, 0) is 47.7 Å². The van der Waals surface area contributed by atoms with Gasteiger partial charge in [-0.15, -0.1) is 0 Å². The predicted molar refractivity (Wildman–Crippen MR) is 133 cm³/mol. The highest BCUT2D eigenvalue weighted by atomic mass is 16.6. The number of rotatable bonds is 9. The minimum atomic E-state index is -0.757. The number of amides is 2. The molecular weight excluding hydrogens is 428 g/mol. The highest BCUT2D eigenvalue weighted by Gasteiger charge is 2.41. The molecule has 176 valence electrons. The van der Waals surface area contributed by atoms with E-state index in [0.29, 0.717) is 19.4 Å². The summed E-state index contributed by atoms with van der Waals surface area (Å²) >= 11 is 0. The maximum absolute atomic E-state index is 13.4. The molecule has 34 heavy (non-hydrogen) atoms. The SMILES string of the molecule is CCO[C@@H](Cc1ccc(-c2cccc(NC)c2)cc1)C(=O)N1C(=O)OC[C@@H]1Cc1ccccc1. The molecule has 0 radical (unpaired) electrons. The number of ether oxygens (including phenoxy) is 2. The molecule has 1 aliphatic rings. The Bertz CT molecular complexity index is 1110. The van der Waals surface area contributed by atoms with Crippen molar-refractivity contribution in [3.63, 3.8) is 0 Å². The Hall–Kier alpha value is -3.64. The monoisotopic (exact) mass is 458 g/mol. The van der Waals surface area contributed by atoms with Crippen LogP contribution >= 0.6 is 0 Å². The van der Waals surface area contributed by atoms with Gasteiger partial charge >= 0.3 is 6.09 Å². The van der Waals surface area contributed by atoms with E-state index in [1.807, 2.05) is 80.7 Å². The van der Waals surface area contributed by atoms with E-state index in [0.717, 1.165) is 27.9 Å². The number of nitrogens with zero attached hydrogens (tertiary/aromatic N) is 1. The van der Waals surface area contributed by atoms with E-state index in [1.165, 1.54) is 4.90 Å². The Labute approximate surface area is 200 Å². The lowest BCUT2D eigenvalue weighted by Gasteiger charge is -2.25. The molecule has 1 heterocycles. The molecule has 0 aliphatic carbocycles. The maximum Gasteiger partial charge on any atom is 0.417 e. The summed E-state index contributed by atoms with van der Waals surface area (Å²) in [6.45, 7) is 2.41. The number of imide groups is 1. The van der Waals surface area contributed by atoms with Crippen LogP contribution in [-0.2, 0) is 27.1 Å². The number of anilines is 1. The summed E-state index contributed by atoms with van der Waals surface area (Å²) in [7, 11) is 1.90. The van der Waals surface area contributed by atoms with Gasteiger partial charge in [0.15, 0.2) is 0 Å². The third-order valence-electron chi connectivity index (χ3n) is 6.02. The van der Waals surface area contributed by atoms with Crippen LogP contribution in [-0.4, -0.2) is 49.3 Å². The molecule has 2 atom stereocenters. The average molecular weight is 459 g/mol. The van der Waals surface area contributed by atoms with Crippen molar-refractivity contribution in [1.29, 1.82) is 0 Å². The maximum atomic E-state index is 13.4. The van der Waals surface area contributed by atoms with Gasteiger partial charge < -0.3 is 14.8 Å². The summed E-state index contributed by atoms with van der Waals surface area (Å²) in [5, 5.41) is 3.15. The largest absolute Gasteiger partial charge is 0.447 e. The molecule has 0 saturated carbocycles. The molecule has 0 bridgehead atoms. The van der Waals surface area contributed by atoms with Crippen LogP contribution < -0.4 is 5.32 Å². The van der Waals surface area contributed by atoms with Gasteiger partial charge in [-0.1, -0.05) is 66.7 Å². The number of hydrogen-bond acceptors (Lipinski definition) is 5. The highest BCUT2D eigenvalue weighted by molar-refractivity contribution is 5.96. The van der Waals surface area contributed by atoms with E-state index in [-0.39, 0.29) is 18.6 Å². The van der Waals surface area contributed by atoms with E-state index in [4.69, 9.17) is 9.47 Å². The molecule has 0 unspecified atom stereocenters. The summed E-state index contributed by atoms with van der Waals surface area (Å²) in [6.07, 6.45) is -0.425. The molecule has 1 fully saturated rings. The zero-order valence-corrected chi connectivity index (χ0v) is 19.6. The third-order valence-corrected chi connectivity index (χ3v) is 6.02. The third kappa shape index (κ3) is 5.46. The second-order valence-corrected chi connectivity index (χ2v) is 8.30. The van der Waals surface area contributed by atoms with Crippen molar-refractivity contribution < 1.29 is 19.1 Å². The molecule has 1 N–H and O–H groups in total. The van der Waals surface area contributed by atoms with Crippen molar-refractivity contribution in [2.75, 3.05) is 25.6 Å². The predicted octanol–water partition coefficient (Wildman–Crippen LogP) is 4.93. The first-order valence-electron chi connectivity index (χ1n) is 11.6. The number of benzene rings is 3. The summed E-state index contributed by atoms with van der Waals surface area (Å²) in [5.41, 5.74) is 5.26. The number of cyclic esters (lactones) is 1. The summed E-state index contributed by atoms with van der Waals surface area (Å²) in [4.78, 5) is 27.1. The topological polar surface area (TPSA) is 67.9 Å². The highest BCUT2D eigenvalue weighted by Crippen LogP contribution is 2.24. The van der Waals surface area contributed by atoms with Crippen molar-refractivity contribution in [3.8, 4) is 11.1 Å². The van der Waals surface area contributed by atoms with E-state index in [9.17, 15) is 9.59 Å². The minimum absolute atomic E-state index is 0.193. The van der Waals surface area contributed by atoms with Crippen LogP contribution in [0.2, 0.25) is 0 Å². The number of carbonyl (C=O) groups excluding carboxylic acids is 2. The van der Waals surface area contributed by atoms with E-state index in [2.05, 4.69) is 17.4 Å². The molecule has 3 aromatic rings. The molecular formula is C28H30N2O4. The van der Waals surface area contributed by atoms with Crippen LogP contribution in [0, 0.1) is 0 Å². The number of carbonyl (C=O) groups is 2. The van der Waals surface area contributed by atoms with Gasteiger partial charge in [0.25, 0.3) is 5.91 Å². The van der Waals surface area contributed by atoms with Gasteiger partial charge in [0.1, 0.15) is 12.7 Å². The number of nitrogens with one attached hydrogen (secondary N) is 1.